The quantitative estimate of drug-likeness (QED) is 0.876. The molecule has 0 bridgehead atoms. The van der Waals surface area contributed by atoms with Crippen LogP contribution in [0.5, 0.6) is 5.75 Å². The lowest BCUT2D eigenvalue weighted by Gasteiger charge is -2.20. The summed E-state index contributed by atoms with van der Waals surface area (Å²) in [6.45, 7) is 7.08. The summed E-state index contributed by atoms with van der Waals surface area (Å²) >= 11 is 0. The third-order valence-corrected chi connectivity index (χ3v) is 3.57. The first-order chi connectivity index (χ1) is 10.2. The van der Waals surface area contributed by atoms with Crippen molar-refractivity contribution >= 4 is 0 Å². The minimum Gasteiger partial charge on any atom is -0.492 e. The van der Waals surface area contributed by atoms with E-state index in [4.69, 9.17) is 4.74 Å². The van der Waals surface area contributed by atoms with E-state index in [0.29, 0.717) is 0 Å². The van der Waals surface area contributed by atoms with Crippen molar-refractivity contribution in [2.24, 2.45) is 0 Å². The van der Waals surface area contributed by atoms with Crippen molar-refractivity contribution in [3.63, 3.8) is 0 Å². The molecule has 1 aromatic carbocycles. The van der Waals surface area contributed by atoms with Crippen LogP contribution in [-0.2, 0) is 0 Å². The fourth-order valence-electron chi connectivity index (χ4n) is 2.46. The Balaban J connectivity index is 2.34. The van der Waals surface area contributed by atoms with Gasteiger partial charge in [0.1, 0.15) is 5.75 Å². The van der Waals surface area contributed by atoms with Gasteiger partial charge in [-0.15, -0.1) is 0 Å². The number of aromatic nitrogens is 1. The number of nitrogens with zero attached hydrogens (tertiary/aromatic N) is 1. The lowest BCUT2D eigenvalue weighted by molar-refractivity contribution is 0.315. The molecule has 0 saturated carbocycles. The van der Waals surface area contributed by atoms with Gasteiger partial charge in [0.05, 0.1) is 18.8 Å². The molecule has 0 fully saturated rings. The maximum Gasteiger partial charge on any atom is 0.137 e. The second-order valence-corrected chi connectivity index (χ2v) is 5.38. The van der Waals surface area contributed by atoms with Crippen molar-refractivity contribution in [3.05, 3.63) is 58.9 Å². The van der Waals surface area contributed by atoms with Crippen LogP contribution in [0.2, 0.25) is 0 Å². The van der Waals surface area contributed by atoms with Crippen LogP contribution in [0.25, 0.3) is 0 Å². The molecular weight excluding hydrogens is 260 g/mol. The molecule has 0 aliphatic heterocycles. The molecule has 1 unspecified atom stereocenters. The van der Waals surface area contributed by atoms with Gasteiger partial charge in [-0.1, -0.05) is 30.7 Å². The van der Waals surface area contributed by atoms with Crippen LogP contribution in [-0.4, -0.2) is 18.6 Å². The van der Waals surface area contributed by atoms with Gasteiger partial charge in [-0.3, -0.25) is 4.98 Å². The van der Waals surface area contributed by atoms with Gasteiger partial charge in [0.2, 0.25) is 0 Å². The van der Waals surface area contributed by atoms with E-state index in [1.165, 1.54) is 16.7 Å². The van der Waals surface area contributed by atoms with Crippen LogP contribution in [0.3, 0.4) is 0 Å². The molecule has 1 heterocycles. The van der Waals surface area contributed by atoms with Gasteiger partial charge in [-0.05, 0) is 50.1 Å². The van der Waals surface area contributed by atoms with Gasteiger partial charge in [0, 0.05) is 6.20 Å². The standard InChI is InChI=1S/C18H24N2O/c1-5-8-21-16-10-15(11-20-12-16)18(19-4)17-9-13(2)6-7-14(17)3/h6-7,9-12,18-19H,5,8H2,1-4H3. The highest BCUT2D eigenvalue weighted by atomic mass is 16.5. The van der Waals surface area contributed by atoms with Crippen molar-refractivity contribution in [2.75, 3.05) is 13.7 Å². The van der Waals surface area contributed by atoms with Crippen LogP contribution < -0.4 is 10.1 Å². The highest BCUT2D eigenvalue weighted by Crippen LogP contribution is 2.27. The summed E-state index contributed by atoms with van der Waals surface area (Å²) in [4.78, 5) is 4.32. The van der Waals surface area contributed by atoms with Gasteiger partial charge >= 0.3 is 0 Å². The van der Waals surface area contributed by atoms with E-state index in [-0.39, 0.29) is 6.04 Å². The molecule has 0 amide bonds. The summed E-state index contributed by atoms with van der Waals surface area (Å²) in [5.41, 5.74) is 4.95. The number of rotatable bonds is 6. The molecule has 0 radical (unpaired) electrons. The van der Waals surface area contributed by atoms with E-state index in [2.05, 4.69) is 55.3 Å². The summed E-state index contributed by atoms with van der Waals surface area (Å²) in [6, 6.07) is 8.74. The van der Waals surface area contributed by atoms with Crippen LogP contribution >= 0.6 is 0 Å². The molecule has 0 spiro atoms. The smallest absolute Gasteiger partial charge is 0.137 e. The average Bonchev–Trinajstić information content (AvgIpc) is 2.50. The fourth-order valence-corrected chi connectivity index (χ4v) is 2.46. The Morgan fingerprint density at radius 1 is 1.19 bits per heavy atom. The van der Waals surface area contributed by atoms with Crippen LogP contribution in [0, 0.1) is 13.8 Å². The molecule has 112 valence electrons. The van der Waals surface area contributed by atoms with Crippen molar-refractivity contribution in [1.29, 1.82) is 0 Å². The first kappa shape index (κ1) is 15.5. The van der Waals surface area contributed by atoms with E-state index < -0.39 is 0 Å². The summed E-state index contributed by atoms with van der Waals surface area (Å²) in [5.74, 6) is 0.833. The minimum atomic E-state index is 0.127. The maximum absolute atomic E-state index is 5.69. The Morgan fingerprint density at radius 2 is 2.00 bits per heavy atom. The molecule has 2 aromatic rings. The highest BCUT2D eigenvalue weighted by Gasteiger charge is 2.15. The topological polar surface area (TPSA) is 34.1 Å². The molecular formula is C18H24N2O. The Labute approximate surface area is 127 Å². The van der Waals surface area contributed by atoms with Gasteiger partial charge in [0.25, 0.3) is 0 Å². The largest absolute Gasteiger partial charge is 0.492 e. The van der Waals surface area contributed by atoms with Crippen molar-refractivity contribution in [1.82, 2.24) is 10.3 Å². The van der Waals surface area contributed by atoms with Crippen molar-refractivity contribution in [3.8, 4) is 5.75 Å². The molecule has 0 aliphatic rings. The van der Waals surface area contributed by atoms with Crippen LogP contribution in [0.15, 0.2) is 36.7 Å². The molecule has 3 heteroatoms. The van der Waals surface area contributed by atoms with E-state index in [1.54, 1.807) is 6.20 Å². The Hall–Kier alpha value is -1.87. The van der Waals surface area contributed by atoms with Gasteiger partial charge in [0.15, 0.2) is 0 Å². The number of aryl methyl sites for hydroxylation is 2. The van der Waals surface area contributed by atoms with Gasteiger partial charge < -0.3 is 10.1 Å². The van der Waals surface area contributed by atoms with Crippen molar-refractivity contribution < 1.29 is 4.74 Å². The number of ether oxygens (including phenoxy) is 1. The fraction of sp³-hybridized carbons (Fsp3) is 0.389. The number of nitrogens with one attached hydrogen (secondary N) is 1. The van der Waals surface area contributed by atoms with Gasteiger partial charge in [-0.25, -0.2) is 0 Å². The average molecular weight is 284 g/mol. The predicted molar refractivity (Wildman–Crippen MR) is 86.8 cm³/mol. The number of hydrogen-bond acceptors (Lipinski definition) is 3. The molecule has 3 nitrogen and oxygen atoms in total. The number of benzene rings is 1. The lowest BCUT2D eigenvalue weighted by Crippen LogP contribution is -2.19. The first-order valence-corrected chi connectivity index (χ1v) is 7.48. The molecule has 0 aliphatic carbocycles. The number of hydrogen-bond donors (Lipinski definition) is 1. The minimum absolute atomic E-state index is 0.127. The van der Waals surface area contributed by atoms with Crippen molar-refractivity contribution in [2.45, 2.75) is 33.2 Å². The Kier molecular flexibility index (Phi) is 5.34. The second kappa shape index (κ2) is 7.23. The van der Waals surface area contributed by atoms with Crippen LogP contribution in [0.4, 0.5) is 0 Å². The van der Waals surface area contributed by atoms with E-state index >= 15 is 0 Å². The summed E-state index contributed by atoms with van der Waals surface area (Å²) < 4.78 is 5.69. The number of pyridine rings is 1. The molecule has 21 heavy (non-hydrogen) atoms. The lowest BCUT2D eigenvalue weighted by atomic mass is 9.94. The predicted octanol–water partition coefficient (Wildman–Crippen LogP) is 3.80. The summed E-state index contributed by atoms with van der Waals surface area (Å²) in [7, 11) is 1.98. The zero-order valence-corrected chi connectivity index (χ0v) is 13.3. The third-order valence-electron chi connectivity index (χ3n) is 3.57. The summed E-state index contributed by atoms with van der Waals surface area (Å²) in [5, 5.41) is 3.39. The zero-order chi connectivity index (χ0) is 15.2. The van der Waals surface area contributed by atoms with E-state index in [9.17, 15) is 0 Å². The first-order valence-electron chi connectivity index (χ1n) is 7.48. The molecule has 1 atom stereocenters. The SMILES string of the molecule is CCCOc1cncc(C(NC)c2cc(C)ccc2C)c1. The Bertz CT molecular complexity index is 596. The highest BCUT2D eigenvalue weighted by molar-refractivity contribution is 5.40. The second-order valence-electron chi connectivity index (χ2n) is 5.38. The van der Waals surface area contributed by atoms with Crippen LogP contribution in [0.1, 0.15) is 41.6 Å². The maximum atomic E-state index is 5.69. The molecule has 0 saturated heterocycles. The monoisotopic (exact) mass is 284 g/mol. The Morgan fingerprint density at radius 3 is 2.71 bits per heavy atom. The molecule has 1 aromatic heterocycles. The zero-order valence-electron chi connectivity index (χ0n) is 13.3. The summed E-state index contributed by atoms with van der Waals surface area (Å²) in [6.07, 6.45) is 4.67. The third kappa shape index (κ3) is 3.82. The molecule has 1 N–H and O–H groups in total. The van der Waals surface area contributed by atoms with Gasteiger partial charge in [-0.2, -0.15) is 0 Å². The van der Waals surface area contributed by atoms with E-state index in [0.717, 1.165) is 24.3 Å². The molecule has 2 rings (SSSR count). The van der Waals surface area contributed by atoms with E-state index in [1.807, 2.05) is 13.2 Å². The normalized spacial score (nSPS) is 12.2.